The van der Waals surface area contributed by atoms with Crippen molar-refractivity contribution in [1.29, 1.82) is 0 Å². The lowest BCUT2D eigenvalue weighted by atomic mass is 9.96. The maximum Gasteiger partial charge on any atom is 0.407 e. The molecule has 11 heteroatoms. The second-order valence-corrected chi connectivity index (χ2v) is 11.5. The highest BCUT2D eigenvalue weighted by atomic mass is 16.5. The van der Waals surface area contributed by atoms with E-state index in [0.29, 0.717) is 12.5 Å². The first-order chi connectivity index (χ1) is 21.0. The monoisotopic (exact) mass is 587 g/mol. The minimum atomic E-state index is -0.432. The third-order valence-electron chi connectivity index (χ3n) is 8.98. The summed E-state index contributed by atoms with van der Waals surface area (Å²) >= 11 is 0. The number of carbonyl (C=O) groups excluding carboxylic acids is 1. The zero-order valence-corrected chi connectivity index (χ0v) is 25.5. The molecule has 2 aliphatic heterocycles. The number of alkyl carbamates (subject to hydrolysis) is 1. The summed E-state index contributed by atoms with van der Waals surface area (Å²) in [6.07, 6.45) is 5.39. The van der Waals surface area contributed by atoms with Gasteiger partial charge in [-0.3, -0.25) is 0 Å². The number of anilines is 1. The standard InChI is InChI=1S/C30H35N7O4.C2H6/c1-19-14-24(35-41-19)30(18-32-29(38)40-17-21-8-4-3-5-9-21)22-11-12-36(16-23(22)30)25-15-31-27-20(2)34-37(28(27)33-25)26-10-6-7-13-39-26;1-2/h3-5,8-9,14-15,22-23,26H,6-7,10-13,16-18H2,1-2H3,(H,32,38);1-2H3. The molecule has 3 aliphatic rings. The van der Waals surface area contributed by atoms with Gasteiger partial charge in [0, 0.05) is 37.7 Å². The minimum Gasteiger partial charge on any atom is -0.445 e. The molecule has 3 aromatic heterocycles. The summed E-state index contributed by atoms with van der Waals surface area (Å²) in [6, 6.07) is 11.7. The van der Waals surface area contributed by atoms with E-state index in [4.69, 9.17) is 29.1 Å². The Morgan fingerprint density at radius 3 is 2.72 bits per heavy atom. The van der Waals surface area contributed by atoms with Crippen LogP contribution in [-0.4, -0.2) is 57.2 Å². The largest absolute Gasteiger partial charge is 0.445 e. The van der Waals surface area contributed by atoms with E-state index in [-0.39, 0.29) is 24.2 Å². The number of hydrogen-bond acceptors (Lipinski definition) is 9. The number of nitrogens with one attached hydrogen (secondary N) is 1. The maximum atomic E-state index is 12.7. The third-order valence-corrected chi connectivity index (χ3v) is 8.98. The van der Waals surface area contributed by atoms with Crippen LogP contribution in [0.2, 0.25) is 0 Å². The van der Waals surface area contributed by atoms with Crippen LogP contribution in [0.4, 0.5) is 10.6 Å². The van der Waals surface area contributed by atoms with Crippen molar-refractivity contribution in [3.63, 3.8) is 0 Å². The van der Waals surface area contributed by atoms with E-state index in [2.05, 4.69) is 15.4 Å². The molecule has 7 rings (SSSR count). The van der Waals surface area contributed by atoms with Crippen molar-refractivity contribution >= 4 is 23.1 Å². The fourth-order valence-electron chi connectivity index (χ4n) is 6.81. The summed E-state index contributed by atoms with van der Waals surface area (Å²) in [5.41, 5.74) is 3.97. The fraction of sp³-hybridized carbons (Fsp3) is 0.531. The predicted octanol–water partition coefficient (Wildman–Crippen LogP) is 5.48. The number of rotatable bonds is 7. The average Bonchev–Trinajstić information content (AvgIpc) is 3.27. The van der Waals surface area contributed by atoms with Crippen LogP contribution in [-0.2, 0) is 21.5 Å². The summed E-state index contributed by atoms with van der Waals surface area (Å²) in [4.78, 5) is 24.8. The van der Waals surface area contributed by atoms with Gasteiger partial charge in [-0.15, -0.1) is 0 Å². The Bertz CT molecular complexity index is 1550. The molecule has 4 atom stereocenters. The van der Waals surface area contributed by atoms with Gasteiger partial charge >= 0.3 is 6.09 Å². The van der Waals surface area contributed by atoms with Gasteiger partial charge in [-0.05, 0) is 56.9 Å². The van der Waals surface area contributed by atoms with E-state index in [9.17, 15) is 4.79 Å². The molecule has 0 spiro atoms. The lowest BCUT2D eigenvalue weighted by Gasteiger charge is -2.27. The summed E-state index contributed by atoms with van der Waals surface area (Å²) in [5.74, 6) is 2.25. The Morgan fingerprint density at radius 1 is 1.14 bits per heavy atom. The normalized spacial score (nSPS) is 24.6. The molecule has 1 saturated carbocycles. The van der Waals surface area contributed by atoms with Crippen LogP contribution in [0.5, 0.6) is 0 Å². The molecule has 5 heterocycles. The number of hydrogen-bond donors (Lipinski definition) is 1. The second kappa shape index (κ2) is 12.3. The Balaban J connectivity index is 0.00000161. The van der Waals surface area contributed by atoms with E-state index in [0.717, 1.165) is 85.1 Å². The molecule has 228 valence electrons. The Kier molecular flexibility index (Phi) is 8.34. The van der Waals surface area contributed by atoms with E-state index in [1.165, 1.54) is 0 Å². The Hall–Kier alpha value is -3.99. The molecule has 2 saturated heterocycles. The minimum absolute atomic E-state index is 0.102. The number of aryl methyl sites for hydroxylation is 2. The van der Waals surface area contributed by atoms with Crippen LogP contribution in [0.25, 0.3) is 11.2 Å². The number of nitrogens with zero attached hydrogens (tertiary/aromatic N) is 6. The van der Waals surface area contributed by atoms with Gasteiger partial charge < -0.3 is 24.2 Å². The first-order valence-corrected chi connectivity index (χ1v) is 15.5. The molecule has 4 aromatic rings. The number of aromatic nitrogens is 5. The maximum absolute atomic E-state index is 12.7. The van der Waals surface area contributed by atoms with E-state index in [1.54, 1.807) is 0 Å². The number of benzene rings is 1. The zero-order valence-electron chi connectivity index (χ0n) is 25.5. The summed E-state index contributed by atoms with van der Waals surface area (Å²) in [5, 5.41) is 12.2. The first-order valence-electron chi connectivity index (χ1n) is 15.5. The molecular formula is C32H41N7O4. The topological polar surface area (TPSA) is 120 Å². The molecule has 11 nitrogen and oxygen atoms in total. The molecule has 0 radical (unpaired) electrons. The van der Waals surface area contributed by atoms with Crippen molar-refractivity contribution in [3.05, 3.63) is 65.3 Å². The second-order valence-electron chi connectivity index (χ2n) is 11.5. The van der Waals surface area contributed by atoms with E-state index >= 15 is 0 Å². The van der Waals surface area contributed by atoms with E-state index in [1.807, 2.05) is 75.0 Å². The third kappa shape index (κ3) is 5.58. The van der Waals surface area contributed by atoms with E-state index < -0.39 is 6.09 Å². The van der Waals surface area contributed by atoms with Gasteiger partial charge in [0.15, 0.2) is 11.9 Å². The SMILES string of the molecule is CC.Cc1cc(C2(CNC(=O)OCc3ccccc3)C3CCN(c4cnc5c(C)nn(C6CCCCO6)c5n4)CC32)no1. The van der Waals surface area contributed by atoms with Crippen molar-refractivity contribution in [2.24, 2.45) is 11.8 Å². The molecule has 43 heavy (non-hydrogen) atoms. The van der Waals surface area contributed by atoms with Gasteiger partial charge in [-0.2, -0.15) is 5.10 Å². The van der Waals surface area contributed by atoms with Gasteiger partial charge in [0.25, 0.3) is 0 Å². The summed E-state index contributed by atoms with van der Waals surface area (Å²) in [6.45, 7) is 10.9. The van der Waals surface area contributed by atoms with Gasteiger partial charge in [-0.1, -0.05) is 49.3 Å². The van der Waals surface area contributed by atoms with Crippen molar-refractivity contribution in [2.75, 3.05) is 31.1 Å². The lowest BCUT2D eigenvalue weighted by molar-refractivity contribution is -0.0371. The molecule has 4 unspecified atom stereocenters. The zero-order chi connectivity index (χ0) is 30.0. The highest BCUT2D eigenvalue weighted by molar-refractivity contribution is 5.75. The van der Waals surface area contributed by atoms with Crippen molar-refractivity contribution in [3.8, 4) is 0 Å². The van der Waals surface area contributed by atoms with Crippen LogP contribution < -0.4 is 10.2 Å². The highest BCUT2D eigenvalue weighted by Crippen LogP contribution is 2.63. The Morgan fingerprint density at radius 2 is 1.98 bits per heavy atom. The summed E-state index contributed by atoms with van der Waals surface area (Å²) in [7, 11) is 0. The van der Waals surface area contributed by atoms with Gasteiger partial charge in [-0.25, -0.2) is 19.4 Å². The van der Waals surface area contributed by atoms with Gasteiger partial charge in [0.05, 0.1) is 17.6 Å². The van der Waals surface area contributed by atoms with Crippen LogP contribution in [0, 0.1) is 25.7 Å². The molecule has 1 aliphatic carbocycles. The average molecular weight is 588 g/mol. The first kappa shape index (κ1) is 29.1. The number of amides is 1. The molecule has 0 bridgehead atoms. The number of ether oxygens (including phenoxy) is 2. The lowest BCUT2D eigenvalue weighted by Crippen LogP contribution is -2.36. The number of fused-ring (bicyclic) bond motifs is 2. The van der Waals surface area contributed by atoms with Gasteiger partial charge in [0.2, 0.25) is 0 Å². The fourth-order valence-corrected chi connectivity index (χ4v) is 6.81. The smallest absolute Gasteiger partial charge is 0.407 e. The molecular weight excluding hydrogens is 546 g/mol. The summed E-state index contributed by atoms with van der Waals surface area (Å²) < 4.78 is 18.9. The van der Waals surface area contributed by atoms with Crippen molar-refractivity contribution < 1.29 is 18.8 Å². The van der Waals surface area contributed by atoms with Crippen molar-refractivity contribution in [1.82, 2.24) is 30.2 Å². The van der Waals surface area contributed by atoms with Crippen molar-refractivity contribution in [2.45, 2.75) is 71.6 Å². The molecule has 3 fully saturated rings. The quantitative estimate of drug-likeness (QED) is 0.300. The van der Waals surface area contributed by atoms with Gasteiger partial charge in [0.1, 0.15) is 23.7 Å². The molecule has 1 N–H and O–H groups in total. The number of carbonyl (C=O) groups is 1. The van der Waals surface area contributed by atoms with Crippen LogP contribution >= 0.6 is 0 Å². The van der Waals surface area contributed by atoms with Crippen LogP contribution in [0.15, 0.2) is 47.1 Å². The highest BCUT2D eigenvalue weighted by Gasteiger charge is 2.68. The van der Waals surface area contributed by atoms with Crippen LogP contribution in [0.3, 0.4) is 0 Å². The Labute approximate surface area is 251 Å². The number of piperidine rings is 1. The predicted molar refractivity (Wildman–Crippen MR) is 162 cm³/mol. The molecule has 1 amide bonds. The van der Waals surface area contributed by atoms with Crippen LogP contribution in [0.1, 0.15) is 68.5 Å². The molecule has 1 aromatic carbocycles.